The number of hydrogen-bond acceptors (Lipinski definition) is 3. The SMILES string of the molecule is C[C@]1(O)c2cc(F)ccc2O[C@@H]2CC(=O)N21. The summed E-state index contributed by atoms with van der Waals surface area (Å²) in [5.74, 6) is -0.223. The molecule has 1 saturated heterocycles. The first kappa shape index (κ1) is 9.59. The average molecular weight is 223 g/mol. The number of benzene rings is 1. The summed E-state index contributed by atoms with van der Waals surface area (Å²) in [6.45, 7) is 1.47. The minimum atomic E-state index is -1.49. The van der Waals surface area contributed by atoms with E-state index >= 15 is 0 Å². The third-order valence-electron chi connectivity index (χ3n) is 3.09. The number of aliphatic hydroxyl groups is 1. The Labute approximate surface area is 91.2 Å². The summed E-state index contributed by atoms with van der Waals surface area (Å²) >= 11 is 0. The Morgan fingerprint density at radius 3 is 3.06 bits per heavy atom. The molecule has 1 aromatic rings. The highest BCUT2D eigenvalue weighted by Crippen LogP contribution is 2.44. The van der Waals surface area contributed by atoms with E-state index in [0.29, 0.717) is 5.75 Å². The van der Waals surface area contributed by atoms with Gasteiger partial charge in [0.2, 0.25) is 5.91 Å². The van der Waals surface area contributed by atoms with Crippen molar-refractivity contribution in [3.05, 3.63) is 29.6 Å². The van der Waals surface area contributed by atoms with Gasteiger partial charge in [-0.25, -0.2) is 4.39 Å². The van der Waals surface area contributed by atoms with Crippen LogP contribution in [0.1, 0.15) is 18.9 Å². The molecule has 0 aromatic heterocycles. The van der Waals surface area contributed by atoms with Crippen LogP contribution in [-0.4, -0.2) is 22.1 Å². The summed E-state index contributed by atoms with van der Waals surface area (Å²) in [5, 5.41) is 10.3. The maximum atomic E-state index is 13.1. The molecule has 84 valence electrons. The van der Waals surface area contributed by atoms with Crippen molar-refractivity contribution in [1.82, 2.24) is 4.90 Å². The molecule has 0 saturated carbocycles. The minimum Gasteiger partial charge on any atom is -0.469 e. The summed E-state index contributed by atoms with van der Waals surface area (Å²) in [7, 11) is 0. The largest absolute Gasteiger partial charge is 0.469 e. The number of β-lactam (4-membered cyclic amide) rings is 1. The van der Waals surface area contributed by atoms with Crippen LogP contribution in [0.3, 0.4) is 0 Å². The number of carbonyl (C=O) groups excluding carboxylic acids is 1. The van der Waals surface area contributed by atoms with Crippen molar-refractivity contribution in [3.63, 3.8) is 0 Å². The summed E-state index contributed by atoms with van der Waals surface area (Å²) in [4.78, 5) is 12.6. The topological polar surface area (TPSA) is 49.8 Å². The normalized spacial score (nSPS) is 31.3. The van der Waals surface area contributed by atoms with E-state index in [-0.39, 0.29) is 17.9 Å². The van der Waals surface area contributed by atoms with E-state index in [2.05, 4.69) is 0 Å². The lowest BCUT2D eigenvalue weighted by molar-refractivity contribution is -0.225. The van der Waals surface area contributed by atoms with E-state index in [0.717, 1.165) is 0 Å². The van der Waals surface area contributed by atoms with E-state index in [4.69, 9.17) is 4.74 Å². The zero-order valence-electron chi connectivity index (χ0n) is 8.61. The van der Waals surface area contributed by atoms with E-state index < -0.39 is 17.8 Å². The second-order valence-electron chi connectivity index (χ2n) is 4.20. The molecule has 3 rings (SSSR count). The molecule has 4 nitrogen and oxygen atoms in total. The van der Waals surface area contributed by atoms with E-state index in [1.54, 1.807) is 0 Å². The lowest BCUT2D eigenvalue weighted by atomic mass is 9.94. The van der Waals surface area contributed by atoms with Crippen molar-refractivity contribution in [2.75, 3.05) is 0 Å². The van der Waals surface area contributed by atoms with E-state index in [1.165, 1.54) is 30.0 Å². The first-order valence-electron chi connectivity index (χ1n) is 5.01. The highest BCUT2D eigenvalue weighted by Gasteiger charge is 2.53. The van der Waals surface area contributed by atoms with Crippen molar-refractivity contribution in [3.8, 4) is 5.75 Å². The molecule has 16 heavy (non-hydrogen) atoms. The number of carbonyl (C=O) groups is 1. The van der Waals surface area contributed by atoms with Gasteiger partial charge in [0.1, 0.15) is 11.6 Å². The predicted octanol–water partition coefficient (Wildman–Crippen LogP) is 0.942. The van der Waals surface area contributed by atoms with Gasteiger partial charge in [-0.15, -0.1) is 0 Å². The van der Waals surface area contributed by atoms with Crippen LogP contribution < -0.4 is 4.74 Å². The van der Waals surface area contributed by atoms with Gasteiger partial charge >= 0.3 is 0 Å². The van der Waals surface area contributed by atoms with Gasteiger partial charge in [-0.1, -0.05) is 0 Å². The molecule has 0 aliphatic carbocycles. The summed E-state index contributed by atoms with van der Waals surface area (Å²) in [6, 6.07) is 3.93. The quantitative estimate of drug-likeness (QED) is 0.666. The smallest absolute Gasteiger partial charge is 0.233 e. The zero-order chi connectivity index (χ0) is 11.5. The van der Waals surface area contributed by atoms with Crippen LogP contribution in [0.4, 0.5) is 4.39 Å². The van der Waals surface area contributed by atoms with Gasteiger partial charge in [0.05, 0.1) is 6.42 Å². The van der Waals surface area contributed by atoms with Crippen LogP contribution in [0.2, 0.25) is 0 Å². The maximum Gasteiger partial charge on any atom is 0.233 e. The van der Waals surface area contributed by atoms with Crippen molar-refractivity contribution >= 4 is 5.91 Å². The van der Waals surface area contributed by atoms with E-state index in [1.807, 2.05) is 0 Å². The fraction of sp³-hybridized carbons (Fsp3) is 0.364. The Hall–Kier alpha value is -1.62. The van der Waals surface area contributed by atoms with Crippen LogP contribution in [-0.2, 0) is 10.5 Å². The number of fused-ring (bicyclic) bond motifs is 2. The molecule has 1 N–H and O–H groups in total. The van der Waals surface area contributed by atoms with Gasteiger partial charge in [0.25, 0.3) is 0 Å². The lowest BCUT2D eigenvalue weighted by Crippen LogP contribution is -2.66. The van der Waals surface area contributed by atoms with Crippen molar-refractivity contribution in [2.45, 2.75) is 25.3 Å². The van der Waals surface area contributed by atoms with Crippen molar-refractivity contribution in [2.24, 2.45) is 0 Å². The van der Waals surface area contributed by atoms with E-state index in [9.17, 15) is 14.3 Å². The van der Waals surface area contributed by atoms with Gasteiger partial charge in [0.15, 0.2) is 12.0 Å². The maximum absolute atomic E-state index is 13.1. The second-order valence-corrected chi connectivity index (χ2v) is 4.20. The summed E-state index contributed by atoms with van der Waals surface area (Å²) in [5.41, 5.74) is -1.20. The van der Waals surface area contributed by atoms with Crippen molar-refractivity contribution in [1.29, 1.82) is 0 Å². The van der Waals surface area contributed by atoms with Gasteiger partial charge in [-0.2, -0.15) is 0 Å². The molecule has 2 aliphatic rings. The van der Waals surface area contributed by atoms with Gasteiger partial charge in [-0.3, -0.25) is 9.69 Å². The highest BCUT2D eigenvalue weighted by molar-refractivity contribution is 5.84. The standard InChI is InChI=1S/C11H10FNO3/c1-11(15)7-4-6(12)2-3-8(7)16-10-5-9(14)13(10)11/h2-4,10,15H,5H2,1H3/t10-,11+/m1/s1. The Morgan fingerprint density at radius 1 is 1.62 bits per heavy atom. The summed E-state index contributed by atoms with van der Waals surface area (Å²) in [6.07, 6.45) is -0.173. The van der Waals surface area contributed by atoms with Crippen LogP contribution in [0.25, 0.3) is 0 Å². The fourth-order valence-corrected chi connectivity index (χ4v) is 2.26. The Balaban J connectivity index is 2.16. The van der Waals surface area contributed by atoms with Gasteiger partial charge < -0.3 is 9.84 Å². The fourth-order valence-electron chi connectivity index (χ4n) is 2.26. The molecule has 0 unspecified atom stereocenters. The number of ether oxygens (including phenoxy) is 1. The predicted molar refractivity (Wildman–Crippen MR) is 51.8 cm³/mol. The second kappa shape index (κ2) is 2.74. The molecule has 0 bridgehead atoms. The summed E-state index contributed by atoms with van der Waals surface area (Å²) < 4.78 is 18.6. The Bertz CT molecular complexity index is 486. The van der Waals surface area contributed by atoms with Crippen LogP contribution >= 0.6 is 0 Å². The third kappa shape index (κ3) is 1.03. The monoisotopic (exact) mass is 223 g/mol. The number of nitrogens with zero attached hydrogens (tertiary/aromatic N) is 1. The molecule has 2 aliphatic heterocycles. The molecule has 1 fully saturated rings. The molecular formula is C11H10FNO3. The van der Waals surface area contributed by atoms with Crippen LogP contribution in [0.15, 0.2) is 18.2 Å². The molecular weight excluding hydrogens is 213 g/mol. The van der Waals surface area contributed by atoms with Crippen molar-refractivity contribution < 1.29 is 19.0 Å². The molecule has 2 atom stereocenters. The first-order chi connectivity index (χ1) is 7.50. The molecule has 2 heterocycles. The Morgan fingerprint density at radius 2 is 2.38 bits per heavy atom. The van der Waals surface area contributed by atoms with Gasteiger partial charge in [0, 0.05) is 5.56 Å². The molecule has 0 spiro atoms. The molecule has 5 heteroatoms. The minimum absolute atomic E-state index is 0.190. The van der Waals surface area contributed by atoms with Gasteiger partial charge in [-0.05, 0) is 25.1 Å². The molecule has 1 aromatic carbocycles. The number of rotatable bonds is 0. The number of amides is 1. The third-order valence-corrected chi connectivity index (χ3v) is 3.09. The van der Waals surface area contributed by atoms with Crippen LogP contribution in [0, 0.1) is 5.82 Å². The zero-order valence-corrected chi connectivity index (χ0v) is 8.61. The molecule has 1 amide bonds. The van der Waals surface area contributed by atoms with Crippen LogP contribution in [0.5, 0.6) is 5.75 Å². The Kier molecular flexibility index (Phi) is 1.64. The number of hydrogen-bond donors (Lipinski definition) is 1. The molecule has 0 radical (unpaired) electrons. The average Bonchev–Trinajstić information content (AvgIpc) is 2.17. The lowest BCUT2D eigenvalue weighted by Gasteiger charge is -2.52. The highest BCUT2D eigenvalue weighted by atomic mass is 19.1. The number of halogens is 1. The first-order valence-corrected chi connectivity index (χ1v) is 5.01.